The van der Waals surface area contributed by atoms with E-state index in [1.165, 1.54) is 19.3 Å². The number of amides is 2. The zero-order chi connectivity index (χ0) is 15.4. The highest BCUT2D eigenvalue weighted by Gasteiger charge is 2.35. The monoisotopic (exact) mass is 300 g/mol. The van der Waals surface area contributed by atoms with E-state index in [2.05, 4.69) is 5.32 Å². The molecule has 1 aliphatic carbocycles. The van der Waals surface area contributed by atoms with E-state index in [-0.39, 0.29) is 17.9 Å². The molecule has 1 heterocycles. The molecule has 0 spiro atoms. The van der Waals surface area contributed by atoms with Gasteiger partial charge in [-0.25, -0.2) is 0 Å². The SMILES string of the molecule is O=C1CCN(Cc2ccccc2)C(=O)C(C2CCCCC2)N1. The van der Waals surface area contributed by atoms with Gasteiger partial charge in [-0.2, -0.15) is 0 Å². The summed E-state index contributed by atoms with van der Waals surface area (Å²) in [6.07, 6.45) is 6.10. The number of carbonyl (C=O) groups is 2. The Hall–Kier alpha value is -1.84. The molecule has 118 valence electrons. The summed E-state index contributed by atoms with van der Waals surface area (Å²) >= 11 is 0. The summed E-state index contributed by atoms with van der Waals surface area (Å²) in [6.45, 7) is 1.11. The molecule has 2 fully saturated rings. The number of rotatable bonds is 3. The predicted octanol–water partition coefficient (Wildman–Crippen LogP) is 2.48. The van der Waals surface area contributed by atoms with Gasteiger partial charge in [-0.1, -0.05) is 49.6 Å². The first-order valence-corrected chi connectivity index (χ1v) is 8.36. The van der Waals surface area contributed by atoms with Crippen molar-refractivity contribution in [3.05, 3.63) is 35.9 Å². The number of nitrogens with zero attached hydrogens (tertiary/aromatic N) is 1. The highest BCUT2D eigenvalue weighted by molar-refractivity contribution is 5.90. The van der Waals surface area contributed by atoms with Crippen molar-refractivity contribution in [1.29, 1.82) is 0 Å². The minimum Gasteiger partial charge on any atom is -0.344 e. The summed E-state index contributed by atoms with van der Waals surface area (Å²) < 4.78 is 0. The average Bonchev–Trinajstić information content (AvgIpc) is 2.70. The standard InChI is InChI=1S/C18H24N2O2/c21-16-11-12-20(13-14-7-3-1-4-8-14)18(22)17(19-16)15-9-5-2-6-10-15/h1,3-4,7-8,15,17H,2,5-6,9-13H2,(H,19,21). The molecule has 1 saturated carbocycles. The molecule has 1 saturated heterocycles. The lowest BCUT2D eigenvalue weighted by Gasteiger charge is -2.31. The number of benzene rings is 1. The molecule has 4 nitrogen and oxygen atoms in total. The van der Waals surface area contributed by atoms with Gasteiger partial charge in [0, 0.05) is 19.5 Å². The number of hydrogen-bond donors (Lipinski definition) is 1. The van der Waals surface area contributed by atoms with Crippen LogP contribution in [0.3, 0.4) is 0 Å². The van der Waals surface area contributed by atoms with Gasteiger partial charge in [0.2, 0.25) is 11.8 Å². The second kappa shape index (κ2) is 6.95. The van der Waals surface area contributed by atoms with E-state index < -0.39 is 0 Å². The molecule has 22 heavy (non-hydrogen) atoms. The quantitative estimate of drug-likeness (QED) is 0.932. The third-order valence-corrected chi connectivity index (χ3v) is 4.84. The molecule has 3 rings (SSSR count). The molecule has 0 aromatic heterocycles. The Morgan fingerprint density at radius 2 is 1.77 bits per heavy atom. The van der Waals surface area contributed by atoms with Crippen molar-refractivity contribution in [2.75, 3.05) is 6.54 Å². The van der Waals surface area contributed by atoms with Gasteiger partial charge in [0.1, 0.15) is 6.04 Å². The fourth-order valence-electron chi connectivity index (χ4n) is 3.60. The zero-order valence-corrected chi connectivity index (χ0v) is 13.0. The van der Waals surface area contributed by atoms with Crippen molar-refractivity contribution in [3.8, 4) is 0 Å². The Kier molecular flexibility index (Phi) is 4.76. The Bertz CT molecular complexity index is 523. The van der Waals surface area contributed by atoms with Gasteiger partial charge in [0.05, 0.1) is 0 Å². The van der Waals surface area contributed by atoms with Crippen LogP contribution in [0.25, 0.3) is 0 Å². The van der Waals surface area contributed by atoms with Gasteiger partial charge < -0.3 is 10.2 Å². The Morgan fingerprint density at radius 1 is 1.05 bits per heavy atom. The van der Waals surface area contributed by atoms with Crippen LogP contribution in [-0.2, 0) is 16.1 Å². The van der Waals surface area contributed by atoms with Gasteiger partial charge in [-0.3, -0.25) is 9.59 Å². The molecule has 1 N–H and O–H groups in total. The number of hydrogen-bond acceptors (Lipinski definition) is 2. The summed E-state index contributed by atoms with van der Waals surface area (Å²) in [6, 6.07) is 9.69. The summed E-state index contributed by atoms with van der Waals surface area (Å²) in [5.74, 6) is 0.419. The first-order valence-electron chi connectivity index (χ1n) is 8.36. The van der Waals surface area contributed by atoms with Crippen LogP contribution in [-0.4, -0.2) is 29.3 Å². The van der Waals surface area contributed by atoms with E-state index in [4.69, 9.17) is 0 Å². The van der Waals surface area contributed by atoms with E-state index >= 15 is 0 Å². The minimum absolute atomic E-state index is 0.0134. The van der Waals surface area contributed by atoms with E-state index in [1.54, 1.807) is 0 Å². The summed E-state index contributed by atoms with van der Waals surface area (Å²) in [5, 5.41) is 2.98. The lowest BCUT2D eigenvalue weighted by molar-refractivity contribution is -0.136. The van der Waals surface area contributed by atoms with Gasteiger partial charge in [-0.15, -0.1) is 0 Å². The van der Waals surface area contributed by atoms with Gasteiger partial charge >= 0.3 is 0 Å². The lowest BCUT2D eigenvalue weighted by atomic mass is 9.83. The van der Waals surface area contributed by atoms with E-state index in [0.717, 1.165) is 18.4 Å². The lowest BCUT2D eigenvalue weighted by Crippen LogP contribution is -2.49. The third kappa shape index (κ3) is 3.49. The van der Waals surface area contributed by atoms with Gasteiger partial charge in [0.15, 0.2) is 0 Å². The first kappa shape index (κ1) is 15.1. The maximum atomic E-state index is 12.9. The van der Waals surface area contributed by atoms with Crippen molar-refractivity contribution in [2.45, 2.75) is 51.1 Å². The smallest absolute Gasteiger partial charge is 0.245 e. The van der Waals surface area contributed by atoms with E-state index in [9.17, 15) is 9.59 Å². The Morgan fingerprint density at radius 3 is 2.50 bits per heavy atom. The second-order valence-corrected chi connectivity index (χ2v) is 6.44. The van der Waals surface area contributed by atoms with Crippen molar-refractivity contribution in [3.63, 3.8) is 0 Å². The van der Waals surface area contributed by atoms with E-state index in [0.29, 0.717) is 25.4 Å². The summed E-state index contributed by atoms with van der Waals surface area (Å²) in [7, 11) is 0. The van der Waals surface area contributed by atoms with Crippen LogP contribution in [0.15, 0.2) is 30.3 Å². The number of nitrogens with one attached hydrogen (secondary N) is 1. The molecule has 0 bridgehead atoms. The summed E-state index contributed by atoms with van der Waals surface area (Å²) in [4.78, 5) is 26.7. The van der Waals surface area contributed by atoms with Crippen molar-refractivity contribution in [1.82, 2.24) is 10.2 Å². The predicted molar refractivity (Wildman–Crippen MR) is 85.0 cm³/mol. The minimum atomic E-state index is -0.320. The first-order chi connectivity index (χ1) is 10.7. The molecule has 1 aromatic rings. The topological polar surface area (TPSA) is 49.4 Å². The molecule has 2 aliphatic rings. The maximum absolute atomic E-state index is 12.9. The molecular weight excluding hydrogens is 276 g/mol. The normalized spacial score (nSPS) is 24.0. The highest BCUT2D eigenvalue weighted by atomic mass is 16.2. The molecular formula is C18H24N2O2. The van der Waals surface area contributed by atoms with Crippen LogP contribution in [0.1, 0.15) is 44.1 Å². The van der Waals surface area contributed by atoms with Crippen molar-refractivity contribution in [2.24, 2.45) is 5.92 Å². The fourth-order valence-corrected chi connectivity index (χ4v) is 3.60. The molecule has 4 heteroatoms. The third-order valence-electron chi connectivity index (χ3n) is 4.84. The van der Waals surface area contributed by atoms with Crippen LogP contribution in [0.5, 0.6) is 0 Å². The largest absolute Gasteiger partial charge is 0.344 e. The van der Waals surface area contributed by atoms with Gasteiger partial charge in [0.25, 0.3) is 0 Å². The molecule has 1 aromatic carbocycles. The Labute approximate surface area is 131 Å². The van der Waals surface area contributed by atoms with Crippen molar-refractivity contribution >= 4 is 11.8 Å². The molecule has 2 amide bonds. The zero-order valence-electron chi connectivity index (χ0n) is 13.0. The molecule has 1 aliphatic heterocycles. The second-order valence-electron chi connectivity index (χ2n) is 6.44. The van der Waals surface area contributed by atoms with Crippen LogP contribution < -0.4 is 5.32 Å². The van der Waals surface area contributed by atoms with Crippen LogP contribution >= 0.6 is 0 Å². The van der Waals surface area contributed by atoms with Crippen molar-refractivity contribution < 1.29 is 9.59 Å². The molecule has 1 unspecified atom stereocenters. The average molecular weight is 300 g/mol. The van der Waals surface area contributed by atoms with Crippen LogP contribution in [0, 0.1) is 5.92 Å². The highest BCUT2D eigenvalue weighted by Crippen LogP contribution is 2.28. The van der Waals surface area contributed by atoms with Crippen LogP contribution in [0.4, 0.5) is 0 Å². The number of carbonyl (C=O) groups excluding carboxylic acids is 2. The molecule has 1 atom stereocenters. The molecule has 0 radical (unpaired) electrons. The fraction of sp³-hybridized carbons (Fsp3) is 0.556. The van der Waals surface area contributed by atoms with Gasteiger partial charge in [-0.05, 0) is 24.3 Å². The van der Waals surface area contributed by atoms with Crippen LogP contribution in [0.2, 0.25) is 0 Å². The summed E-state index contributed by atoms with van der Waals surface area (Å²) in [5.41, 5.74) is 1.12. The Balaban J connectivity index is 1.75. The van der Waals surface area contributed by atoms with E-state index in [1.807, 2.05) is 35.2 Å². The maximum Gasteiger partial charge on any atom is 0.245 e.